The van der Waals surface area contributed by atoms with Crippen LogP contribution in [0.15, 0.2) is 60.7 Å². The molecule has 2 aliphatic heterocycles. The van der Waals surface area contributed by atoms with Crippen molar-refractivity contribution in [3.05, 3.63) is 71.8 Å². The normalized spacial score (nSPS) is 18.9. The van der Waals surface area contributed by atoms with Gasteiger partial charge in [0.15, 0.2) is 15.7 Å². The predicted molar refractivity (Wildman–Crippen MR) is 214 cm³/mol. The van der Waals surface area contributed by atoms with Crippen molar-refractivity contribution < 1.29 is 19.7 Å². The molecule has 0 bridgehead atoms. The quantitative estimate of drug-likeness (QED) is 0.167. The lowest BCUT2D eigenvalue weighted by atomic mass is 9.88. The molecule has 0 atom stereocenters. The molecule has 2 fully saturated rings. The molecule has 2 aromatic rings. The van der Waals surface area contributed by atoms with E-state index in [0.29, 0.717) is 18.1 Å². The van der Waals surface area contributed by atoms with E-state index in [1.807, 2.05) is 6.07 Å². The zero-order chi connectivity index (χ0) is 37.0. The lowest BCUT2D eigenvalue weighted by Crippen LogP contribution is -2.46. The van der Waals surface area contributed by atoms with Gasteiger partial charge in [-0.1, -0.05) is 115 Å². The van der Waals surface area contributed by atoms with Crippen molar-refractivity contribution in [3.63, 3.8) is 0 Å². The van der Waals surface area contributed by atoms with Crippen LogP contribution in [0.4, 0.5) is 0 Å². The van der Waals surface area contributed by atoms with Crippen LogP contribution in [0.5, 0.6) is 0 Å². The summed E-state index contributed by atoms with van der Waals surface area (Å²) in [6, 6.07) is 21.0. The number of aliphatic hydroxyl groups excluding tert-OH is 1. The number of likely N-dealkylation sites (tertiary alicyclic amines) is 2. The Hall–Kier alpha value is -1.08. The Labute approximate surface area is 307 Å². The molecule has 9 heteroatoms. The molecule has 2 aromatic carbocycles. The van der Waals surface area contributed by atoms with Crippen molar-refractivity contribution >= 4 is 26.8 Å². The molecule has 0 unspecified atom stereocenters. The molecule has 2 saturated heterocycles. The number of rotatable bonds is 10. The van der Waals surface area contributed by atoms with Crippen molar-refractivity contribution in [2.75, 3.05) is 39.4 Å². The minimum atomic E-state index is -1.71. The zero-order valence-corrected chi connectivity index (χ0v) is 35.5. The van der Waals surface area contributed by atoms with Gasteiger partial charge in [-0.05, 0) is 72.8 Å². The van der Waals surface area contributed by atoms with Gasteiger partial charge in [-0.25, -0.2) is 0 Å². The first-order chi connectivity index (χ1) is 22.6. The summed E-state index contributed by atoms with van der Waals surface area (Å²) in [4.78, 5) is 4.81. The summed E-state index contributed by atoms with van der Waals surface area (Å²) in [5.74, 6) is 0. The second-order valence-electron chi connectivity index (χ2n) is 17.5. The Balaban J connectivity index is 0.000000289. The summed E-state index contributed by atoms with van der Waals surface area (Å²) in [5, 5.41) is 30.5. The van der Waals surface area contributed by atoms with E-state index < -0.39 is 26.9 Å². The maximum absolute atomic E-state index is 10.9. The highest BCUT2D eigenvalue weighted by Gasteiger charge is 2.39. The molecule has 280 valence electrons. The molecule has 6 nitrogen and oxygen atoms in total. The van der Waals surface area contributed by atoms with Crippen molar-refractivity contribution in [2.24, 2.45) is 0 Å². The lowest BCUT2D eigenvalue weighted by Gasteiger charge is -2.40. The second-order valence-corrected chi connectivity index (χ2v) is 29.6. The fraction of sp³-hybridized carbons (Fsp3) is 0.700. The van der Waals surface area contributed by atoms with Crippen LogP contribution in [0, 0.1) is 0 Å². The third-order valence-corrected chi connectivity index (χ3v) is 21.1. The smallest absolute Gasteiger partial charge is 0.191 e. The molecular weight excluding hydrogens is 664 g/mol. The monoisotopic (exact) mass is 734 g/mol. The molecular formula is C40H71ClN2O4Si2. The number of aliphatic hydroxyl groups is 3. The van der Waals surface area contributed by atoms with E-state index in [1.54, 1.807) is 0 Å². The van der Waals surface area contributed by atoms with Crippen molar-refractivity contribution in [1.82, 2.24) is 9.80 Å². The van der Waals surface area contributed by atoms with Gasteiger partial charge in [-0.15, -0.1) is 0 Å². The van der Waals surface area contributed by atoms with Gasteiger partial charge in [0.05, 0.1) is 11.2 Å². The van der Waals surface area contributed by atoms with Crippen molar-refractivity contribution in [3.8, 4) is 0 Å². The number of piperidine rings is 2. The summed E-state index contributed by atoms with van der Waals surface area (Å²) < 4.78 is 6.25. The molecule has 0 spiro atoms. The maximum atomic E-state index is 10.9. The molecule has 2 aliphatic rings. The minimum absolute atomic E-state index is 0.0786. The highest BCUT2D eigenvalue weighted by Crippen LogP contribution is 2.38. The summed E-state index contributed by atoms with van der Waals surface area (Å²) in [5.41, 5.74) is 1.49. The van der Waals surface area contributed by atoms with Gasteiger partial charge in [-0.2, -0.15) is 11.1 Å². The van der Waals surface area contributed by atoms with Gasteiger partial charge in [-0.3, -0.25) is 9.80 Å². The first-order valence-corrected chi connectivity index (χ1v) is 25.4. The molecule has 0 aromatic heterocycles. The van der Waals surface area contributed by atoms with Crippen molar-refractivity contribution in [2.45, 2.75) is 141 Å². The van der Waals surface area contributed by atoms with Gasteiger partial charge in [0.1, 0.15) is 0 Å². The number of benzene rings is 2. The first-order valence-electron chi connectivity index (χ1n) is 18.5. The summed E-state index contributed by atoms with van der Waals surface area (Å²) >= 11 is 6.15. The number of nitrogens with zero attached hydrogens (tertiary/aromatic N) is 2. The molecule has 2 heterocycles. The Kier molecular flexibility index (Phi) is 17.2. The number of hydrogen-bond donors (Lipinski definition) is 3. The van der Waals surface area contributed by atoms with E-state index in [1.165, 1.54) is 11.1 Å². The van der Waals surface area contributed by atoms with Gasteiger partial charge in [0, 0.05) is 52.5 Å². The fourth-order valence-corrected chi connectivity index (χ4v) is 6.40. The Morgan fingerprint density at radius 1 is 0.653 bits per heavy atom. The van der Waals surface area contributed by atoms with Crippen LogP contribution >= 0.6 is 11.1 Å². The third kappa shape index (κ3) is 16.0. The highest BCUT2D eigenvalue weighted by molar-refractivity contribution is 7.20. The first kappa shape index (κ1) is 44.1. The molecule has 0 aliphatic carbocycles. The van der Waals surface area contributed by atoms with Gasteiger partial charge < -0.3 is 19.7 Å². The van der Waals surface area contributed by atoms with Crippen LogP contribution in [-0.2, 0) is 17.5 Å². The third-order valence-electron chi connectivity index (χ3n) is 11.3. The predicted octanol–water partition coefficient (Wildman–Crippen LogP) is 9.05. The van der Waals surface area contributed by atoms with Crippen molar-refractivity contribution in [1.29, 1.82) is 0 Å². The Bertz CT molecular complexity index is 1170. The molecule has 3 N–H and O–H groups in total. The average Bonchev–Trinajstić information content (AvgIpc) is 3.00. The SMILES string of the molecule is CC(C)(C)[Si](C)(C)Cl.CC(C)(C)[Si](C)(C)OCCC1(O)CCN(Cc2ccccc2)CC1.OCCC1(O)CCN(Cc2ccccc2)CC1. The van der Waals surface area contributed by atoms with Gasteiger partial charge in [0.25, 0.3) is 0 Å². The van der Waals surface area contributed by atoms with E-state index >= 15 is 0 Å². The Morgan fingerprint density at radius 2 is 1.00 bits per heavy atom. The van der Waals surface area contributed by atoms with Crippen LogP contribution in [0.1, 0.15) is 91.2 Å². The van der Waals surface area contributed by atoms with E-state index in [2.05, 4.69) is 132 Å². The summed E-state index contributed by atoms with van der Waals surface area (Å²) in [6.45, 7) is 28.7. The zero-order valence-electron chi connectivity index (χ0n) is 32.7. The van der Waals surface area contributed by atoms with E-state index in [9.17, 15) is 10.2 Å². The minimum Gasteiger partial charge on any atom is -0.417 e. The van der Waals surface area contributed by atoms with Crippen LogP contribution in [0.2, 0.25) is 36.3 Å². The standard InChI is InChI=1S/C20H35NO2Si.C14H21NO2.C6H15ClSi/c1-19(2,3)24(4,5)23-16-13-20(22)11-14-21(15-12-20)17-18-9-7-6-8-10-18;16-11-8-14(17)6-9-15(10-7-14)12-13-4-2-1-3-5-13;1-6(2,3)8(4,5)7/h6-10,22H,11-17H2,1-5H3;1-5,16-17H,6-12H2;1-5H3. The molecule has 0 saturated carbocycles. The summed E-state index contributed by atoms with van der Waals surface area (Å²) in [6.07, 6.45) is 4.49. The maximum Gasteiger partial charge on any atom is 0.191 e. The fourth-order valence-electron chi connectivity index (χ4n) is 5.36. The molecule has 0 radical (unpaired) electrons. The Morgan fingerprint density at radius 3 is 1.31 bits per heavy atom. The van der Waals surface area contributed by atoms with E-state index in [4.69, 9.17) is 20.6 Å². The van der Waals surface area contributed by atoms with Crippen LogP contribution in [0.3, 0.4) is 0 Å². The second kappa shape index (κ2) is 19.1. The molecule has 49 heavy (non-hydrogen) atoms. The molecule has 0 amide bonds. The largest absolute Gasteiger partial charge is 0.417 e. The average molecular weight is 736 g/mol. The topological polar surface area (TPSA) is 76.4 Å². The van der Waals surface area contributed by atoms with E-state index in [0.717, 1.165) is 71.4 Å². The van der Waals surface area contributed by atoms with Crippen LogP contribution < -0.4 is 0 Å². The van der Waals surface area contributed by atoms with Crippen LogP contribution in [0.25, 0.3) is 0 Å². The van der Waals surface area contributed by atoms with Gasteiger partial charge >= 0.3 is 0 Å². The highest BCUT2D eigenvalue weighted by atomic mass is 35.6. The van der Waals surface area contributed by atoms with Gasteiger partial charge in [0.2, 0.25) is 0 Å². The summed E-state index contributed by atoms with van der Waals surface area (Å²) in [7, 11) is -3.09. The number of hydrogen-bond acceptors (Lipinski definition) is 6. The van der Waals surface area contributed by atoms with Crippen LogP contribution in [-0.4, -0.2) is 91.4 Å². The van der Waals surface area contributed by atoms with E-state index in [-0.39, 0.29) is 11.6 Å². The molecule has 4 rings (SSSR count). The number of halogens is 1. The lowest BCUT2D eigenvalue weighted by molar-refractivity contribution is -0.0390.